The third-order valence-electron chi connectivity index (χ3n) is 3.24. The molecule has 0 atom stereocenters. The molecule has 0 heterocycles. The van der Waals surface area contributed by atoms with Gasteiger partial charge in [-0.3, -0.25) is 9.59 Å². The Morgan fingerprint density at radius 3 is 2.00 bits per heavy atom. The molecule has 1 rings (SSSR count). The molecule has 0 radical (unpaired) electrons. The van der Waals surface area contributed by atoms with E-state index in [9.17, 15) is 18.0 Å². The van der Waals surface area contributed by atoms with E-state index in [2.05, 4.69) is 10.6 Å². The summed E-state index contributed by atoms with van der Waals surface area (Å²) in [5.74, 6) is -0.479. The molecule has 1 aromatic carbocycles. The first-order chi connectivity index (χ1) is 10.8. The van der Waals surface area contributed by atoms with Crippen molar-refractivity contribution in [3.63, 3.8) is 0 Å². The van der Waals surface area contributed by atoms with Crippen molar-refractivity contribution in [3.8, 4) is 0 Å². The van der Waals surface area contributed by atoms with Gasteiger partial charge in [-0.25, -0.2) is 8.42 Å². The molecule has 0 bridgehead atoms. The van der Waals surface area contributed by atoms with E-state index in [1.165, 1.54) is 35.5 Å². The van der Waals surface area contributed by atoms with Crippen molar-refractivity contribution < 1.29 is 18.0 Å². The molecule has 2 N–H and O–H groups in total. The van der Waals surface area contributed by atoms with Gasteiger partial charge in [0, 0.05) is 38.7 Å². The summed E-state index contributed by atoms with van der Waals surface area (Å²) < 4.78 is 26.0. The zero-order valence-electron chi connectivity index (χ0n) is 13.6. The minimum atomic E-state index is -3.52. The summed E-state index contributed by atoms with van der Waals surface area (Å²) >= 11 is 0. The summed E-state index contributed by atoms with van der Waals surface area (Å²) in [6.07, 6.45) is 0. The van der Waals surface area contributed by atoms with Crippen molar-refractivity contribution in [2.24, 2.45) is 0 Å². The first-order valence-corrected chi connectivity index (χ1v) is 8.89. The summed E-state index contributed by atoms with van der Waals surface area (Å²) in [4.78, 5) is 22.8. The standard InChI is InChI=1S/C15H23N3O4S/c1-4-18(5-2)23(21,22)14-8-6-13(7-9-14)15(20)17-11-10-16-12(3)19/h6-9H,4-5,10-11H2,1-3H3,(H,16,19)(H,17,20). The minimum Gasteiger partial charge on any atom is -0.355 e. The third kappa shape index (κ3) is 5.33. The monoisotopic (exact) mass is 341 g/mol. The summed E-state index contributed by atoms with van der Waals surface area (Å²) in [7, 11) is -3.52. The number of carbonyl (C=O) groups excluding carboxylic acids is 2. The van der Waals surface area contributed by atoms with E-state index in [1.807, 2.05) is 0 Å². The Labute approximate surface area is 137 Å². The van der Waals surface area contributed by atoms with Crippen LogP contribution in [0.25, 0.3) is 0 Å². The zero-order valence-corrected chi connectivity index (χ0v) is 14.4. The molecule has 0 fully saturated rings. The Morgan fingerprint density at radius 2 is 1.52 bits per heavy atom. The maximum Gasteiger partial charge on any atom is 0.251 e. The highest BCUT2D eigenvalue weighted by Crippen LogP contribution is 2.16. The molecule has 1 aromatic rings. The number of rotatable bonds is 8. The van der Waals surface area contributed by atoms with Gasteiger partial charge in [-0.05, 0) is 24.3 Å². The fourth-order valence-electron chi connectivity index (χ4n) is 2.01. The fraction of sp³-hybridized carbons (Fsp3) is 0.467. The largest absolute Gasteiger partial charge is 0.355 e. The van der Waals surface area contributed by atoms with Crippen molar-refractivity contribution in [1.82, 2.24) is 14.9 Å². The van der Waals surface area contributed by atoms with Crippen molar-refractivity contribution in [2.45, 2.75) is 25.7 Å². The lowest BCUT2D eigenvalue weighted by atomic mass is 10.2. The van der Waals surface area contributed by atoms with E-state index in [0.717, 1.165) is 0 Å². The Bertz CT molecular complexity index is 637. The van der Waals surface area contributed by atoms with E-state index < -0.39 is 10.0 Å². The van der Waals surface area contributed by atoms with Crippen LogP contribution < -0.4 is 10.6 Å². The highest BCUT2D eigenvalue weighted by atomic mass is 32.2. The Morgan fingerprint density at radius 1 is 1.00 bits per heavy atom. The molecule has 8 heteroatoms. The highest BCUT2D eigenvalue weighted by molar-refractivity contribution is 7.89. The summed E-state index contributed by atoms with van der Waals surface area (Å²) in [5.41, 5.74) is 0.367. The van der Waals surface area contributed by atoms with Crippen molar-refractivity contribution in [2.75, 3.05) is 26.2 Å². The maximum atomic E-state index is 12.3. The maximum absolute atomic E-state index is 12.3. The van der Waals surface area contributed by atoms with Crippen LogP contribution in [0, 0.1) is 0 Å². The van der Waals surface area contributed by atoms with Crippen LogP contribution in [-0.4, -0.2) is 50.7 Å². The van der Waals surface area contributed by atoms with Gasteiger partial charge in [0.25, 0.3) is 5.91 Å². The minimum absolute atomic E-state index is 0.162. The number of nitrogens with one attached hydrogen (secondary N) is 2. The van der Waals surface area contributed by atoms with Crippen LogP contribution in [0.1, 0.15) is 31.1 Å². The molecule has 128 valence electrons. The second-order valence-electron chi connectivity index (χ2n) is 4.85. The molecule has 7 nitrogen and oxygen atoms in total. The van der Waals surface area contributed by atoms with Crippen molar-refractivity contribution in [3.05, 3.63) is 29.8 Å². The van der Waals surface area contributed by atoms with Crippen molar-refractivity contribution >= 4 is 21.8 Å². The fourth-order valence-corrected chi connectivity index (χ4v) is 3.47. The molecule has 0 aliphatic heterocycles. The van der Waals surface area contributed by atoms with Gasteiger partial charge in [0.15, 0.2) is 0 Å². The normalized spacial score (nSPS) is 11.3. The topological polar surface area (TPSA) is 95.6 Å². The first-order valence-electron chi connectivity index (χ1n) is 7.45. The second-order valence-corrected chi connectivity index (χ2v) is 6.79. The summed E-state index contributed by atoms with van der Waals surface area (Å²) in [5, 5.41) is 5.21. The van der Waals surface area contributed by atoms with Crippen LogP contribution in [0.15, 0.2) is 29.2 Å². The van der Waals surface area contributed by atoms with Crippen LogP contribution in [0.4, 0.5) is 0 Å². The van der Waals surface area contributed by atoms with Gasteiger partial charge >= 0.3 is 0 Å². The average molecular weight is 341 g/mol. The molecule has 0 spiro atoms. The number of sulfonamides is 1. The van der Waals surface area contributed by atoms with Gasteiger partial charge in [0.1, 0.15) is 0 Å². The van der Waals surface area contributed by atoms with Gasteiger partial charge < -0.3 is 10.6 Å². The van der Waals surface area contributed by atoms with Crippen LogP contribution >= 0.6 is 0 Å². The third-order valence-corrected chi connectivity index (χ3v) is 5.31. The Balaban J connectivity index is 2.73. The first kappa shape index (κ1) is 19.1. The Hall–Kier alpha value is -1.93. The molecule has 0 saturated heterocycles. The van der Waals surface area contributed by atoms with Gasteiger partial charge in [-0.15, -0.1) is 0 Å². The van der Waals surface area contributed by atoms with E-state index >= 15 is 0 Å². The van der Waals surface area contributed by atoms with E-state index in [4.69, 9.17) is 0 Å². The molecular formula is C15H23N3O4S. The lowest BCUT2D eigenvalue weighted by Gasteiger charge is -2.18. The molecular weight excluding hydrogens is 318 g/mol. The lowest BCUT2D eigenvalue weighted by Crippen LogP contribution is -2.33. The smallest absolute Gasteiger partial charge is 0.251 e. The molecule has 2 amide bonds. The van der Waals surface area contributed by atoms with Gasteiger partial charge in [-0.2, -0.15) is 4.31 Å². The Kier molecular flexibility index (Phi) is 7.18. The number of benzene rings is 1. The highest BCUT2D eigenvalue weighted by Gasteiger charge is 2.21. The number of hydrogen-bond donors (Lipinski definition) is 2. The molecule has 0 aliphatic rings. The molecule has 0 aliphatic carbocycles. The summed E-state index contributed by atoms with van der Waals surface area (Å²) in [6, 6.07) is 5.81. The average Bonchev–Trinajstić information content (AvgIpc) is 2.52. The number of carbonyl (C=O) groups is 2. The van der Waals surface area contributed by atoms with Gasteiger partial charge in [0.05, 0.1) is 4.90 Å². The van der Waals surface area contributed by atoms with E-state index in [-0.39, 0.29) is 16.7 Å². The number of hydrogen-bond acceptors (Lipinski definition) is 4. The zero-order chi connectivity index (χ0) is 17.5. The quantitative estimate of drug-likeness (QED) is 0.676. The predicted molar refractivity (Wildman–Crippen MR) is 87.6 cm³/mol. The number of nitrogens with zero attached hydrogens (tertiary/aromatic N) is 1. The van der Waals surface area contributed by atoms with E-state index in [0.29, 0.717) is 31.7 Å². The van der Waals surface area contributed by atoms with Gasteiger partial charge in [0.2, 0.25) is 15.9 Å². The van der Waals surface area contributed by atoms with Crippen LogP contribution in [0.2, 0.25) is 0 Å². The van der Waals surface area contributed by atoms with Crippen LogP contribution in [-0.2, 0) is 14.8 Å². The van der Waals surface area contributed by atoms with Gasteiger partial charge in [-0.1, -0.05) is 13.8 Å². The number of amides is 2. The van der Waals surface area contributed by atoms with Crippen molar-refractivity contribution in [1.29, 1.82) is 0 Å². The molecule has 0 unspecified atom stereocenters. The van der Waals surface area contributed by atoms with Crippen LogP contribution in [0.3, 0.4) is 0 Å². The van der Waals surface area contributed by atoms with Crippen LogP contribution in [0.5, 0.6) is 0 Å². The molecule has 0 aromatic heterocycles. The summed E-state index contributed by atoms with van der Waals surface area (Å²) in [6.45, 7) is 6.38. The molecule has 0 saturated carbocycles. The SMILES string of the molecule is CCN(CC)S(=O)(=O)c1ccc(C(=O)NCCNC(C)=O)cc1. The second kappa shape index (κ2) is 8.64. The van der Waals surface area contributed by atoms with E-state index in [1.54, 1.807) is 13.8 Å². The lowest BCUT2D eigenvalue weighted by molar-refractivity contribution is -0.118. The molecule has 23 heavy (non-hydrogen) atoms. The predicted octanol–water partition coefficient (Wildman–Crippen LogP) is 0.583.